The Morgan fingerprint density at radius 1 is 1.11 bits per heavy atom. The number of aromatic nitrogens is 1. The van der Waals surface area contributed by atoms with Gasteiger partial charge in [0.15, 0.2) is 0 Å². The zero-order valence-corrected chi connectivity index (χ0v) is 15.3. The quantitative estimate of drug-likeness (QED) is 0.826. The van der Waals surface area contributed by atoms with E-state index in [2.05, 4.69) is 20.5 Å². The fourth-order valence-corrected chi connectivity index (χ4v) is 3.27. The van der Waals surface area contributed by atoms with Crippen molar-refractivity contribution in [2.24, 2.45) is 5.92 Å². The van der Waals surface area contributed by atoms with Gasteiger partial charge in [0.25, 0.3) is 5.91 Å². The number of carbonyl (C=O) groups is 2. The zero-order valence-electron chi connectivity index (χ0n) is 15.3. The van der Waals surface area contributed by atoms with Crippen molar-refractivity contribution in [3.63, 3.8) is 0 Å². The highest BCUT2D eigenvalue weighted by Gasteiger charge is 2.29. The fraction of sp³-hybridized carbons (Fsp3) is 0.381. The maximum atomic E-state index is 12.4. The van der Waals surface area contributed by atoms with E-state index in [0.29, 0.717) is 17.8 Å². The van der Waals surface area contributed by atoms with Gasteiger partial charge in [-0.05, 0) is 55.5 Å². The summed E-state index contributed by atoms with van der Waals surface area (Å²) in [4.78, 5) is 31.1. The van der Waals surface area contributed by atoms with E-state index in [0.717, 1.165) is 37.3 Å². The second-order valence-corrected chi connectivity index (χ2v) is 7.25. The molecule has 1 aliphatic carbocycles. The van der Waals surface area contributed by atoms with Crippen molar-refractivity contribution in [3.8, 4) is 0 Å². The molecule has 2 fully saturated rings. The van der Waals surface area contributed by atoms with E-state index in [-0.39, 0.29) is 17.7 Å². The minimum Gasteiger partial charge on any atom is -0.357 e. The molecule has 27 heavy (non-hydrogen) atoms. The van der Waals surface area contributed by atoms with Crippen molar-refractivity contribution in [1.82, 2.24) is 10.3 Å². The van der Waals surface area contributed by atoms with E-state index in [1.165, 1.54) is 12.8 Å². The first-order valence-corrected chi connectivity index (χ1v) is 9.58. The minimum absolute atomic E-state index is 0.0386. The van der Waals surface area contributed by atoms with Crippen molar-refractivity contribution < 1.29 is 9.59 Å². The molecular weight excluding hydrogens is 340 g/mol. The number of rotatable bonds is 6. The molecule has 0 unspecified atom stereocenters. The molecule has 140 valence electrons. The molecule has 1 saturated carbocycles. The summed E-state index contributed by atoms with van der Waals surface area (Å²) >= 11 is 0. The van der Waals surface area contributed by atoms with Crippen LogP contribution in [0.4, 0.5) is 11.5 Å². The highest BCUT2D eigenvalue weighted by molar-refractivity contribution is 5.98. The molecule has 2 aliphatic rings. The third-order valence-electron chi connectivity index (χ3n) is 5.03. The summed E-state index contributed by atoms with van der Waals surface area (Å²) in [5.74, 6) is 1.01. The lowest BCUT2D eigenvalue weighted by atomic mass is 10.1. The van der Waals surface area contributed by atoms with Crippen molar-refractivity contribution >= 4 is 23.3 Å². The van der Waals surface area contributed by atoms with Crippen molar-refractivity contribution in [1.29, 1.82) is 0 Å². The van der Waals surface area contributed by atoms with Crippen LogP contribution in [0.3, 0.4) is 0 Å². The van der Waals surface area contributed by atoms with Gasteiger partial charge in [-0.1, -0.05) is 12.1 Å². The Kier molecular flexibility index (Phi) is 5.05. The lowest BCUT2D eigenvalue weighted by molar-refractivity contribution is -0.117. The van der Waals surface area contributed by atoms with Gasteiger partial charge in [-0.2, -0.15) is 0 Å². The van der Waals surface area contributed by atoms with Gasteiger partial charge in [0.05, 0.1) is 0 Å². The molecule has 1 aromatic carbocycles. The van der Waals surface area contributed by atoms with Gasteiger partial charge in [0, 0.05) is 43.0 Å². The van der Waals surface area contributed by atoms with E-state index < -0.39 is 0 Å². The number of hydrogen-bond donors (Lipinski definition) is 2. The SMILES string of the molecule is O=C(NCc1ccc(N2CCCC2)nc1)c1cccc(NC(=O)C2CC2)c1. The van der Waals surface area contributed by atoms with Crippen LogP contribution in [0.1, 0.15) is 41.6 Å². The maximum Gasteiger partial charge on any atom is 0.251 e. The number of carbonyl (C=O) groups excluding carboxylic acids is 2. The topological polar surface area (TPSA) is 74.3 Å². The third-order valence-corrected chi connectivity index (χ3v) is 5.03. The van der Waals surface area contributed by atoms with Crippen LogP contribution in [0.5, 0.6) is 0 Å². The summed E-state index contributed by atoms with van der Waals surface area (Å²) in [5.41, 5.74) is 2.16. The van der Waals surface area contributed by atoms with Gasteiger partial charge in [-0.25, -0.2) is 4.98 Å². The first-order valence-electron chi connectivity index (χ1n) is 9.58. The van der Waals surface area contributed by atoms with E-state index in [1.54, 1.807) is 24.3 Å². The summed E-state index contributed by atoms with van der Waals surface area (Å²) in [6.45, 7) is 2.55. The summed E-state index contributed by atoms with van der Waals surface area (Å²) in [7, 11) is 0. The minimum atomic E-state index is -0.166. The van der Waals surface area contributed by atoms with E-state index in [4.69, 9.17) is 0 Å². The molecule has 1 aliphatic heterocycles. The zero-order chi connectivity index (χ0) is 18.6. The molecular formula is C21H24N4O2. The Hall–Kier alpha value is -2.89. The second kappa shape index (κ2) is 7.78. The van der Waals surface area contributed by atoms with Crippen LogP contribution in [0.25, 0.3) is 0 Å². The lowest BCUT2D eigenvalue weighted by Crippen LogP contribution is -2.23. The molecule has 2 heterocycles. The van der Waals surface area contributed by atoms with Crippen LogP contribution in [-0.2, 0) is 11.3 Å². The molecule has 6 nitrogen and oxygen atoms in total. The molecule has 4 rings (SSSR count). The molecule has 0 spiro atoms. The maximum absolute atomic E-state index is 12.4. The highest BCUT2D eigenvalue weighted by Crippen LogP contribution is 2.30. The predicted molar refractivity (Wildman–Crippen MR) is 105 cm³/mol. The molecule has 2 amide bonds. The molecule has 0 radical (unpaired) electrons. The van der Waals surface area contributed by atoms with E-state index >= 15 is 0 Å². The van der Waals surface area contributed by atoms with Crippen LogP contribution in [-0.4, -0.2) is 29.9 Å². The summed E-state index contributed by atoms with van der Waals surface area (Å²) in [5, 5.41) is 5.79. The number of nitrogens with one attached hydrogen (secondary N) is 2. The Bertz CT molecular complexity index is 824. The molecule has 1 saturated heterocycles. The second-order valence-electron chi connectivity index (χ2n) is 7.25. The average molecular weight is 364 g/mol. The Morgan fingerprint density at radius 3 is 2.63 bits per heavy atom. The van der Waals surface area contributed by atoms with Crippen LogP contribution in [0.2, 0.25) is 0 Å². The van der Waals surface area contributed by atoms with Crippen molar-refractivity contribution in [2.75, 3.05) is 23.3 Å². The lowest BCUT2D eigenvalue weighted by Gasteiger charge is -2.16. The number of amides is 2. The number of pyridine rings is 1. The summed E-state index contributed by atoms with van der Waals surface area (Å²) < 4.78 is 0. The third kappa shape index (κ3) is 4.45. The van der Waals surface area contributed by atoms with Gasteiger partial charge in [-0.15, -0.1) is 0 Å². The van der Waals surface area contributed by atoms with Gasteiger partial charge in [-0.3, -0.25) is 9.59 Å². The molecule has 0 bridgehead atoms. The standard InChI is InChI=1S/C21H24N4O2/c26-20(17-4-3-5-18(12-17)24-21(27)16-7-8-16)23-14-15-6-9-19(22-13-15)25-10-1-2-11-25/h3-6,9,12-13,16H,1-2,7-8,10-11,14H2,(H,23,26)(H,24,27). The smallest absolute Gasteiger partial charge is 0.251 e. The molecule has 6 heteroatoms. The largest absolute Gasteiger partial charge is 0.357 e. The summed E-state index contributed by atoms with van der Waals surface area (Å²) in [6.07, 6.45) is 6.17. The van der Waals surface area contributed by atoms with Crippen LogP contribution in [0.15, 0.2) is 42.6 Å². The average Bonchev–Trinajstić information content (AvgIpc) is 3.41. The van der Waals surface area contributed by atoms with Crippen LogP contribution < -0.4 is 15.5 Å². The van der Waals surface area contributed by atoms with Crippen molar-refractivity contribution in [2.45, 2.75) is 32.2 Å². The predicted octanol–water partition coefficient (Wildman–Crippen LogP) is 2.96. The van der Waals surface area contributed by atoms with Crippen LogP contribution >= 0.6 is 0 Å². The number of anilines is 2. The molecule has 2 aromatic rings. The van der Waals surface area contributed by atoms with E-state index in [1.807, 2.05) is 18.3 Å². The first-order chi connectivity index (χ1) is 13.2. The monoisotopic (exact) mass is 364 g/mol. The van der Waals surface area contributed by atoms with E-state index in [9.17, 15) is 9.59 Å². The van der Waals surface area contributed by atoms with Crippen LogP contribution in [0, 0.1) is 5.92 Å². The highest BCUT2D eigenvalue weighted by atomic mass is 16.2. The molecule has 0 atom stereocenters. The molecule has 2 N–H and O–H groups in total. The number of nitrogens with zero attached hydrogens (tertiary/aromatic N) is 2. The number of hydrogen-bond acceptors (Lipinski definition) is 4. The number of benzene rings is 1. The van der Waals surface area contributed by atoms with Crippen molar-refractivity contribution in [3.05, 3.63) is 53.7 Å². The molecule has 1 aromatic heterocycles. The van der Waals surface area contributed by atoms with Gasteiger partial charge in [0.1, 0.15) is 5.82 Å². The Balaban J connectivity index is 1.32. The van der Waals surface area contributed by atoms with Gasteiger partial charge < -0.3 is 15.5 Å². The summed E-state index contributed by atoms with van der Waals surface area (Å²) in [6, 6.07) is 11.1. The van der Waals surface area contributed by atoms with Gasteiger partial charge >= 0.3 is 0 Å². The first kappa shape index (κ1) is 17.5. The normalized spacial score (nSPS) is 16.2. The Labute approximate surface area is 159 Å². The Morgan fingerprint density at radius 2 is 1.93 bits per heavy atom. The van der Waals surface area contributed by atoms with Gasteiger partial charge in [0.2, 0.25) is 5.91 Å². The fourth-order valence-electron chi connectivity index (χ4n) is 3.27.